The zero-order valence-corrected chi connectivity index (χ0v) is 18.0. The zero-order valence-electron chi connectivity index (χ0n) is 18.0. The molecule has 0 atom stereocenters. The molecule has 160 valence electrons. The Bertz CT molecular complexity index is 921. The first-order chi connectivity index (χ1) is 14.3. The van der Waals surface area contributed by atoms with Gasteiger partial charge in [0.15, 0.2) is 0 Å². The number of nitrogens with zero attached hydrogens (tertiary/aromatic N) is 2. The molecule has 7 nitrogen and oxygen atoms in total. The van der Waals surface area contributed by atoms with E-state index in [1.54, 1.807) is 12.1 Å². The molecule has 0 aliphatic heterocycles. The number of carbonyl (C=O) groups excluding carboxylic acids is 2. The average molecular weight is 411 g/mol. The molecule has 2 aromatic rings. The Morgan fingerprint density at radius 2 is 1.73 bits per heavy atom. The summed E-state index contributed by atoms with van der Waals surface area (Å²) in [6.07, 6.45) is 1.45. The van der Waals surface area contributed by atoms with Crippen molar-refractivity contribution in [1.82, 2.24) is 5.43 Å². The number of nitrogens with one attached hydrogen (secondary N) is 2. The molecule has 2 rings (SSSR count). The predicted molar refractivity (Wildman–Crippen MR) is 121 cm³/mol. The maximum atomic E-state index is 12.1. The van der Waals surface area contributed by atoms with Crippen LogP contribution in [0.15, 0.2) is 41.5 Å². The SMILES string of the molecule is CCN(CC)c1ccc(C=NNC(=O)CCC(=O)Nc2cc(C)ccc2C)c(O)c1. The van der Waals surface area contributed by atoms with Crippen LogP contribution in [0.5, 0.6) is 5.75 Å². The molecule has 30 heavy (non-hydrogen) atoms. The molecule has 0 spiro atoms. The molecule has 0 saturated carbocycles. The number of phenols is 1. The number of amides is 2. The van der Waals surface area contributed by atoms with Gasteiger partial charge in [0.1, 0.15) is 5.75 Å². The lowest BCUT2D eigenvalue weighted by Gasteiger charge is -2.21. The van der Waals surface area contributed by atoms with Gasteiger partial charge in [-0.2, -0.15) is 5.10 Å². The Morgan fingerprint density at radius 1 is 1.03 bits per heavy atom. The van der Waals surface area contributed by atoms with Gasteiger partial charge in [0.2, 0.25) is 11.8 Å². The summed E-state index contributed by atoms with van der Waals surface area (Å²) in [5.74, 6) is -0.514. The molecule has 3 N–H and O–H groups in total. The number of hydrogen-bond donors (Lipinski definition) is 3. The van der Waals surface area contributed by atoms with Gasteiger partial charge >= 0.3 is 0 Å². The molecule has 7 heteroatoms. The maximum Gasteiger partial charge on any atom is 0.240 e. The third kappa shape index (κ3) is 6.62. The van der Waals surface area contributed by atoms with Gasteiger partial charge in [-0.25, -0.2) is 5.43 Å². The lowest BCUT2D eigenvalue weighted by Crippen LogP contribution is -2.21. The van der Waals surface area contributed by atoms with E-state index in [2.05, 4.69) is 20.7 Å². The highest BCUT2D eigenvalue weighted by Crippen LogP contribution is 2.23. The zero-order chi connectivity index (χ0) is 22.1. The van der Waals surface area contributed by atoms with Crippen molar-refractivity contribution in [1.29, 1.82) is 0 Å². The summed E-state index contributed by atoms with van der Waals surface area (Å²) >= 11 is 0. The fraction of sp³-hybridized carbons (Fsp3) is 0.348. The van der Waals surface area contributed by atoms with E-state index in [-0.39, 0.29) is 30.4 Å². The van der Waals surface area contributed by atoms with Gasteiger partial charge in [-0.05, 0) is 57.0 Å². The van der Waals surface area contributed by atoms with Crippen molar-refractivity contribution in [3.05, 3.63) is 53.1 Å². The van der Waals surface area contributed by atoms with Crippen molar-refractivity contribution < 1.29 is 14.7 Å². The van der Waals surface area contributed by atoms with Crippen LogP contribution < -0.4 is 15.6 Å². The number of rotatable bonds is 9. The van der Waals surface area contributed by atoms with Crippen LogP contribution in [0.4, 0.5) is 11.4 Å². The predicted octanol–water partition coefficient (Wildman–Crippen LogP) is 3.72. The number of carbonyl (C=O) groups is 2. The van der Waals surface area contributed by atoms with Crippen LogP contribution in [0.25, 0.3) is 0 Å². The second-order valence-corrected chi connectivity index (χ2v) is 7.08. The van der Waals surface area contributed by atoms with E-state index in [4.69, 9.17) is 0 Å². The highest BCUT2D eigenvalue weighted by Gasteiger charge is 2.09. The van der Waals surface area contributed by atoms with Gasteiger partial charge in [0, 0.05) is 48.9 Å². The number of benzene rings is 2. The highest BCUT2D eigenvalue weighted by atomic mass is 16.3. The third-order valence-corrected chi connectivity index (χ3v) is 4.78. The molecule has 0 aliphatic carbocycles. The van der Waals surface area contributed by atoms with Crippen LogP contribution in [0, 0.1) is 13.8 Å². The van der Waals surface area contributed by atoms with Gasteiger partial charge in [-0.15, -0.1) is 0 Å². The minimum absolute atomic E-state index is 0.0148. The molecule has 0 fully saturated rings. The first-order valence-electron chi connectivity index (χ1n) is 10.1. The van der Waals surface area contributed by atoms with Crippen molar-refractivity contribution in [3.8, 4) is 5.75 Å². The Hall–Kier alpha value is -3.35. The average Bonchev–Trinajstić information content (AvgIpc) is 2.71. The molecule has 2 aromatic carbocycles. The fourth-order valence-corrected chi connectivity index (χ4v) is 2.97. The monoisotopic (exact) mass is 410 g/mol. The van der Waals surface area contributed by atoms with E-state index in [0.717, 1.165) is 35.6 Å². The molecule has 0 unspecified atom stereocenters. The largest absolute Gasteiger partial charge is 0.507 e. The summed E-state index contributed by atoms with van der Waals surface area (Å²) in [6, 6.07) is 11.1. The number of aromatic hydroxyl groups is 1. The summed E-state index contributed by atoms with van der Waals surface area (Å²) in [5.41, 5.74) is 6.58. The Balaban J connectivity index is 1.83. The highest BCUT2D eigenvalue weighted by molar-refractivity contribution is 5.94. The van der Waals surface area contributed by atoms with Gasteiger partial charge in [0.05, 0.1) is 6.21 Å². The van der Waals surface area contributed by atoms with Crippen LogP contribution in [0.2, 0.25) is 0 Å². The summed E-state index contributed by atoms with van der Waals surface area (Å²) in [5, 5.41) is 16.9. The number of hydrogen-bond acceptors (Lipinski definition) is 5. The lowest BCUT2D eigenvalue weighted by molar-refractivity contribution is -0.124. The smallest absolute Gasteiger partial charge is 0.240 e. The molecular weight excluding hydrogens is 380 g/mol. The van der Waals surface area contributed by atoms with Crippen LogP contribution in [-0.4, -0.2) is 36.2 Å². The number of aryl methyl sites for hydroxylation is 2. The van der Waals surface area contributed by atoms with E-state index in [1.807, 2.05) is 52.0 Å². The van der Waals surface area contributed by atoms with Gasteiger partial charge < -0.3 is 15.3 Å². The molecular formula is C23H30N4O3. The van der Waals surface area contributed by atoms with Crippen molar-refractivity contribution in [2.24, 2.45) is 5.10 Å². The van der Waals surface area contributed by atoms with Crippen LogP contribution >= 0.6 is 0 Å². The second kappa shape index (κ2) is 11.0. The Labute approximate surface area is 177 Å². The molecule has 0 radical (unpaired) electrons. The summed E-state index contributed by atoms with van der Waals surface area (Å²) in [4.78, 5) is 26.2. The van der Waals surface area contributed by atoms with Crippen LogP contribution in [0.1, 0.15) is 43.4 Å². The minimum atomic E-state index is -0.374. The first kappa shape index (κ1) is 22.9. The normalized spacial score (nSPS) is 10.8. The molecule has 0 bridgehead atoms. The number of anilines is 2. The van der Waals surface area contributed by atoms with E-state index in [9.17, 15) is 14.7 Å². The first-order valence-corrected chi connectivity index (χ1v) is 10.1. The van der Waals surface area contributed by atoms with Crippen molar-refractivity contribution >= 4 is 29.4 Å². The number of phenolic OH excluding ortho intramolecular Hbond substituents is 1. The van der Waals surface area contributed by atoms with Gasteiger partial charge in [-0.3, -0.25) is 9.59 Å². The minimum Gasteiger partial charge on any atom is -0.507 e. The van der Waals surface area contributed by atoms with Crippen LogP contribution in [-0.2, 0) is 9.59 Å². The fourth-order valence-electron chi connectivity index (χ4n) is 2.97. The second-order valence-electron chi connectivity index (χ2n) is 7.08. The summed E-state index contributed by atoms with van der Waals surface area (Å²) in [7, 11) is 0. The molecule has 0 aliphatic rings. The quantitative estimate of drug-likeness (QED) is 0.434. The van der Waals surface area contributed by atoms with Crippen molar-refractivity contribution in [3.63, 3.8) is 0 Å². The van der Waals surface area contributed by atoms with Gasteiger partial charge in [0.25, 0.3) is 0 Å². The summed E-state index contributed by atoms with van der Waals surface area (Å²) in [6.45, 7) is 9.66. The van der Waals surface area contributed by atoms with Crippen molar-refractivity contribution in [2.75, 3.05) is 23.3 Å². The van der Waals surface area contributed by atoms with Gasteiger partial charge in [-0.1, -0.05) is 12.1 Å². The summed E-state index contributed by atoms with van der Waals surface area (Å²) < 4.78 is 0. The van der Waals surface area contributed by atoms with E-state index < -0.39 is 0 Å². The van der Waals surface area contributed by atoms with E-state index >= 15 is 0 Å². The lowest BCUT2D eigenvalue weighted by atomic mass is 10.1. The third-order valence-electron chi connectivity index (χ3n) is 4.78. The topological polar surface area (TPSA) is 94.0 Å². The molecule has 0 saturated heterocycles. The standard InChI is InChI=1S/C23H30N4O3/c1-5-27(6-2)19-10-9-18(21(28)14-19)15-24-26-23(30)12-11-22(29)25-20-13-16(3)7-8-17(20)4/h7-10,13-15,28H,5-6,11-12H2,1-4H3,(H,25,29)(H,26,30). The molecule has 0 heterocycles. The molecule has 0 aromatic heterocycles. The molecule has 2 amide bonds. The number of hydrazone groups is 1. The van der Waals surface area contributed by atoms with Crippen LogP contribution in [0.3, 0.4) is 0 Å². The Kier molecular flexibility index (Phi) is 8.41. The van der Waals surface area contributed by atoms with Crippen molar-refractivity contribution in [2.45, 2.75) is 40.5 Å². The maximum absolute atomic E-state index is 12.1. The van der Waals surface area contributed by atoms with E-state index in [1.165, 1.54) is 6.21 Å². The van der Waals surface area contributed by atoms with E-state index in [0.29, 0.717) is 5.56 Å². The Morgan fingerprint density at radius 3 is 2.40 bits per heavy atom.